The molecule has 2 aromatic rings. The van der Waals surface area contributed by atoms with Crippen molar-refractivity contribution in [1.82, 2.24) is 15.0 Å². The standard InChI is InChI=1S/C19H25N3O4S/c1-6-8-13-9-14(23)22-19(21-13)27-12(5)17(24)16-10(3)15(11(4)20-16)18(25)26-7-2/h9,12,20H,6-8H2,1-5H3,(H,21,22,23)/t12-/m1/s1. The molecule has 0 amide bonds. The van der Waals surface area contributed by atoms with E-state index in [9.17, 15) is 14.4 Å². The van der Waals surface area contributed by atoms with Crippen LogP contribution >= 0.6 is 11.8 Å². The minimum Gasteiger partial charge on any atom is -0.462 e. The van der Waals surface area contributed by atoms with Crippen molar-refractivity contribution in [3.63, 3.8) is 0 Å². The maximum atomic E-state index is 12.9. The fourth-order valence-corrected chi connectivity index (χ4v) is 3.74. The fraction of sp³-hybridized carbons (Fsp3) is 0.474. The lowest BCUT2D eigenvalue weighted by atomic mass is 10.1. The van der Waals surface area contributed by atoms with Crippen molar-refractivity contribution in [3.05, 3.63) is 44.6 Å². The Morgan fingerprint density at radius 3 is 2.59 bits per heavy atom. The van der Waals surface area contributed by atoms with Gasteiger partial charge in [0.2, 0.25) is 0 Å². The van der Waals surface area contributed by atoms with Crippen molar-refractivity contribution in [2.24, 2.45) is 0 Å². The third kappa shape index (κ3) is 4.88. The summed E-state index contributed by atoms with van der Waals surface area (Å²) in [5, 5.41) is -0.0739. The topological polar surface area (TPSA) is 105 Å². The zero-order chi connectivity index (χ0) is 20.1. The number of carbonyl (C=O) groups is 2. The van der Waals surface area contributed by atoms with Crippen molar-refractivity contribution in [2.45, 2.75) is 57.9 Å². The Morgan fingerprint density at radius 2 is 1.96 bits per heavy atom. The molecule has 27 heavy (non-hydrogen) atoms. The van der Waals surface area contributed by atoms with Crippen LogP contribution in [0.4, 0.5) is 0 Å². The molecule has 0 saturated heterocycles. The van der Waals surface area contributed by atoms with Crippen molar-refractivity contribution in [3.8, 4) is 0 Å². The number of H-pyrrole nitrogens is 2. The van der Waals surface area contributed by atoms with E-state index < -0.39 is 11.2 Å². The molecule has 0 saturated carbocycles. The summed E-state index contributed by atoms with van der Waals surface area (Å²) in [6.45, 7) is 9.23. The Hall–Kier alpha value is -2.35. The van der Waals surface area contributed by atoms with E-state index in [0.29, 0.717) is 39.8 Å². The van der Waals surface area contributed by atoms with Gasteiger partial charge in [0, 0.05) is 17.5 Å². The number of thioether (sulfide) groups is 1. The molecule has 8 heteroatoms. The van der Waals surface area contributed by atoms with Crippen LogP contribution in [0.1, 0.15) is 65.0 Å². The molecule has 7 nitrogen and oxygen atoms in total. The number of ketones is 1. The average Bonchev–Trinajstić information content (AvgIpc) is 2.88. The molecule has 0 aliphatic carbocycles. The number of carbonyl (C=O) groups excluding carboxylic acids is 2. The number of aromatic amines is 2. The maximum absolute atomic E-state index is 12.9. The Balaban J connectivity index is 2.24. The van der Waals surface area contributed by atoms with Gasteiger partial charge >= 0.3 is 5.97 Å². The molecule has 2 rings (SSSR count). The zero-order valence-electron chi connectivity index (χ0n) is 16.3. The van der Waals surface area contributed by atoms with E-state index in [1.165, 1.54) is 17.8 Å². The summed E-state index contributed by atoms with van der Waals surface area (Å²) in [5.74, 6) is -0.610. The summed E-state index contributed by atoms with van der Waals surface area (Å²) < 4.78 is 5.06. The van der Waals surface area contributed by atoms with E-state index in [1.54, 1.807) is 27.7 Å². The minimum atomic E-state index is -0.489. The van der Waals surface area contributed by atoms with Crippen molar-refractivity contribution in [1.29, 1.82) is 0 Å². The van der Waals surface area contributed by atoms with E-state index >= 15 is 0 Å². The number of aromatic nitrogens is 3. The minimum absolute atomic E-state index is 0.167. The summed E-state index contributed by atoms with van der Waals surface area (Å²) in [6.07, 6.45) is 1.59. The van der Waals surface area contributed by atoms with Gasteiger partial charge in [-0.3, -0.25) is 9.59 Å². The molecule has 0 bridgehead atoms. The van der Waals surface area contributed by atoms with E-state index in [-0.39, 0.29) is 17.9 Å². The first-order valence-corrected chi connectivity index (χ1v) is 9.83. The molecule has 1 atom stereocenters. The number of esters is 1. The van der Waals surface area contributed by atoms with Gasteiger partial charge in [-0.25, -0.2) is 9.78 Å². The maximum Gasteiger partial charge on any atom is 0.340 e. The highest BCUT2D eigenvalue weighted by Crippen LogP contribution is 2.26. The molecule has 2 heterocycles. The van der Waals surface area contributed by atoms with Crippen LogP contribution in [0.15, 0.2) is 16.0 Å². The van der Waals surface area contributed by atoms with Gasteiger partial charge in [-0.2, -0.15) is 0 Å². The number of rotatable bonds is 8. The third-order valence-electron chi connectivity index (χ3n) is 4.10. The molecular weight excluding hydrogens is 366 g/mol. The second-order valence-electron chi connectivity index (χ2n) is 6.26. The molecule has 0 radical (unpaired) electrons. The lowest BCUT2D eigenvalue weighted by Crippen LogP contribution is -2.18. The molecule has 0 spiro atoms. The number of hydrogen-bond acceptors (Lipinski definition) is 6. The average molecular weight is 391 g/mol. The number of aryl methyl sites for hydroxylation is 2. The highest BCUT2D eigenvalue weighted by atomic mass is 32.2. The Bertz CT molecular complexity index is 901. The molecule has 2 aromatic heterocycles. The second kappa shape index (κ2) is 9.03. The fourth-order valence-electron chi connectivity index (χ4n) is 2.85. The molecule has 146 valence electrons. The lowest BCUT2D eigenvalue weighted by Gasteiger charge is -2.10. The van der Waals surface area contributed by atoms with E-state index in [0.717, 1.165) is 6.42 Å². The van der Waals surface area contributed by atoms with Crippen LogP contribution in [0, 0.1) is 13.8 Å². The molecule has 0 unspecified atom stereocenters. The molecule has 0 aliphatic rings. The predicted octanol–water partition coefficient (Wildman–Crippen LogP) is 3.21. The van der Waals surface area contributed by atoms with Crippen molar-refractivity contribution >= 4 is 23.5 Å². The molecule has 2 N–H and O–H groups in total. The van der Waals surface area contributed by atoms with Gasteiger partial charge in [-0.15, -0.1) is 0 Å². The highest BCUT2D eigenvalue weighted by molar-refractivity contribution is 8.00. The smallest absolute Gasteiger partial charge is 0.340 e. The quantitative estimate of drug-likeness (QED) is 0.310. The van der Waals surface area contributed by atoms with Gasteiger partial charge in [0.1, 0.15) is 0 Å². The van der Waals surface area contributed by atoms with Crippen molar-refractivity contribution in [2.75, 3.05) is 6.61 Å². The summed E-state index contributed by atoms with van der Waals surface area (Å²) in [6, 6.07) is 1.48. The number of ether oxygens (including phenoxy) is 1. The normalized spacial score (nSPS) is 12.0. The van der Waals surface area contributed by atoms with Crippen LogP contribution < -0.4 is 5.56 Å². The highest BCUT2D eigenvalue weighted by Gasteiger charge is 2.26. The van der Waals surface area contributed by atoms with Gasteiger partial charge in [-0.05, 0) is 39.7 Å². The first-order valence-electron chi connectivity index (χ1n) is 8.95. The number of Topliss-reactive ketones (excluding diaryl/α,β-unsaturated/α-hetero) is 1. The summed E-state index contributed by atoms with van der Waals surface area (Å²) >= 11 is 1.19. The van der Waals surface area contributed by atoms with E-state index in [4.69, 9.17) is 4.74 Å². The molecular formula is C19H25N3O4S. The van der Waals surface area contributed by atoms with Gasteiger partial charge in [0.15, 0.2) is 10.9 Å². The SMILES string of the molecule is CCCc1cc(=O)[nH]c(S[C@H](C)C(=O)c2[nH]c(C)c(C(=O)OCC)c2C)n1. The van der Waals surface area contributed by atoms with Crippen LogP contribution in [0.25, 0.3) is 0 Å². The first kappa shape index (κ1) is 21.0. The Labute approximate surface area is 162 Å². The Kier molecular flexibility index (Phi) is 7.01. The van der Waals surface area contributed by atoms with Crippen LogP contribution in [0.2, 0.25) is 0 Å². The van der Waals surface area contributed by atoms with Crippen molar-refractivity contribution < 1.29 is 14.3 Å². The summed E-state index contributed by atoms with van der Waals surface area (Å²) in [4.78, 5) is 46.9. The van der Waals surface area contributed by atoms with Gasteiger partial charge in [0.05, 0.1) is 23.1 Å². The predicted molar refractivity (Wildman–Crippen MR) is 105 cm³/mol. The summed E-state index contributed by atoms with van der Waals surface area (Å²) in [5.41, 5.74) is 2.43. The molecule has 0 fully saturated rings. The number of nitrogens with zero attached hydrogens (tertiary/aromatic N) is 1. The third-order valence-corrected chi connectivity index (χ3v) is 5.08. The van der Waals surface area contributed by atoms with Crippen LogP contribution in [0.3, 0.4) is 0 Å². The Morgan fingerprint density at radius 1 is 1.26 bits per heavy atom. The zero-order valence-corrected chi connectivity index (χ0v) is 17.1. The largest absolute Gasteiger partial charge is 0.462 e. The van der Waals surface area contributed by atoms with Gasteiger partial charge in [-0.1, -0.05) is 25.1 Å². The van der Waals surface area contributed by atoms with Gasteiger partial charge in [0.25, 0.3) is 5.56 Å². The van der Waals surface area contributed by atoms with Crippen LogP contribution in [-0.2, 0) is 11.2 Å². The first-order chi connectivity index (χ1) is 12.8. The lowest BCUT2D eigenvalue weighted by molar-refractivity contribution is 0.0525. The summed E-state index contributed by atoms with van der Waals surface area (Å²) in [7, 11) is 0. The number of nitrogens with one attached hydrogen (secondary N) is 2. The molecule has 0 aromatic carbocycles. The second-order valence-corrected chi connectivity index (χ2v) is 7.59. The van der Waals surface area contributed by atoms with Crippen LogP contribution in [0.5, 0.6) is 0 Å². The molecule has 0 aliphatic heterocycles. The van der Waals surface area contributed by atoms with E-state index in [2.05, 4.69) is 15.0 Å². The monoisotopic (exact) mass is 391 g/mol. The van der Waals surface area contributed by atoms with Crippen LogP contribution in [-0.4, -0.2) is 38.6 Å². The van der Waals surface area contributed by atoms with E-state index in [1.807, 2.05) is 6.92 Å². The van der Waals surface area contributed by atoms with Gasteiger partial charge < -0.3 is 14.7 Å². The number of hydrogen-bond donors (Lipinski definition) is 2.